The van der Waals surface area contributed by atoms with Gasteiger partial charge in [0.15, 0.2) is 0 Å². The van der Waals surface area contributed by atoms with Crippen molar-refractivity contribution in [2.75, 3.05) is 11.9 Å². The smallest absolute Gasteiger partial charge is 0.270 e. The third-order valence-corrected chi connectivity index (χ3v) is 4.47. The van der Waals surface area contributed by atoms with Gasteiger partial charge in [-0.05, 0) is 23.8 Å². The minimum Gasteiger partial charge on any atom is -0.355 e. The Labute approximate surface area is 152 Å². The number of rotatable bonds is 4. The van der Waals surface area contributed by atoms with Crippen molar-refractivity contribution in [2.45, 2.75) is 18.8 Å². The van der Waals surface area contributed by atoms with E-state index >= 15 is 0 Å². The van der Waals surface area contributed by atoms with Gasteiger partial charge in [-0.25, -0.2) is 17.6 Å². The minimum atomic E-state index is -3.07. The highest BCUT2D eigenvalue weighted by Gasteiger charge is 2.41. The van der Waals surface area contributed by atoms with Gasteiger partial charge in [-0.15, -0.1) is 0 Å². The molecule has 27 heavy (non-hydrogen) atoms. The SMILES string of the molecule is CC(F)(F)c1cccc([C@H]2CNC(=O)[C@@H]2C(=O)Nc2ccc(F)cc2F)c1. The quantitative estimate of drug-likeness (QED) is 0.630. The zero-order chi connectivity index (χ0) is 19.8. The largest absolute Gasteiger partial charge is 0.355 e. The van der Waals surface area contributed by atoms with Gasteiger partial charge < -0.3 is 10.6 Å². The average Bonchev–Trinajstić information content (AvgIpc) is 2.98. The van der Waals surface area contributed by atoms with Crippen molar-refractivity contribution in [3.8, 4) is 0 Å². The van der Waals surface area contributed by atoms with Crippen molar-refractivity contribution in [1.29, 1.82) is 0 Å². The zero-order valence-electron chi connectivity index (χ0n) is 14.2. The Kier molecular flexibility index (Phi) is 4.91. The van der Waals surface area contributed by atoms with Crippen LogP contribution in [0, 0.1) is 17.6 Å². The number of amides is 2. The van der Waals surface area contributed by atoms with Crippen LogP contribution in [0.5, 0.6) is 0 Å². The maximum atomic E-state index is 13.8. The van der Waals surface area contributed by atoms with E-state index in [1.165, 1.54) is 18.2 Å². The summed E-state index contributed by atoms with van der Waals surface area (Å²) in [5.74, 6) is -8.16. The lowest BCUT2D eigenvalue weighted by molar-refractivity contribution is -0.130. The molecule has 1 heterocycles. The van der Waals surface area contributed by atoms with E-state index in [-0.39, 0.29) is 17.8 Å². The van der Waals surface area contributed by atoms with Crippen LogP contribution < -0.4 is 10.6 Å². The van der Waals surface area contributed by atoms with E-state index in [9.17, 15) is 27.2 Å². The molecule has 0 aliphatic carbocycles. The van der Waals surface area contributed by atoms with E-state index in [2.05, 4.69) is 10.6 Å². The summed E-state index contributed by atoms with van der Waals surface area (Å²) in [7, 11) is 0. The van der Waals surface area contributed by atoms with Crippen LogP contribution in [0.2, 0.25) is 0 Å². The summed E-state index contributed by atoms with van der Waals surface area (Å²) >= 11 is 0. The summed E-state index contributed by atoms with van der Waals surface area (Å²) in [5.41, 5.74) is -0.108. The molecule has 0 unspecified atom stereocenters. The van der Waals surface area contributed by atoms with Crippen molar-refractivity contribution in [3.05, 3.63) is 65.2 Å². The Hall–Kier alpha value is -2.90. The van der Waals surface area contributed by atoms with Gasteiger partial charge in [-0.3, -0.25) is 9.59 Å². The third-order valence-electron chi connectivity index (χ3n) is 4.47. The average molecular weight is 380 g/mol. The Balaban J connectivity index is 1.87. The molecule has 3 rings (SSSR count). The molecule has 2 amide bonds. The van der Waals surface area contributed by atoms with Gasteiger partial charge in [0.2, 0.25) is 11.8 Å². The van der Waals surface area contributed by atoms with E-state index in [4.69, 9.17) is 0 Å². The van der Waals surface area contributed by atoms with E-state index in [0.717, 1.165) is 19.1 Å². The molecule has 0 aromatic heterocycles. The number of anilines is 1. The summed E-state index contributed by atoms with van der Waals surface area (Å²) < 4.78 is 53.9. The fraction of sp³-hybridized carbons (Fsp3) is 0.263. The van der Waals surface area contributed by atoms with Crippen molar-refractivity contribution >= 4 is 17.5 Å². The van der Waals surface area contributed by atoms with Crippen molar-refractivity contribution in [1.82, 2.24) is 5.32 Å². The van der Waals surface area contributed by atoms with Gasteiger partial charge in [0.05, 0.1) is 5.69 Å². The number of hydrogen-bond acceptors (Lipinski definition) is 2. The summed E-state index contributed by atoms with van der Waals surface area (Å²) in [6.45, 7) is 0.841. The molecular formula is C19H16F4N2O2. The Morgan fingerprint density at radius 2 is 1.93 bits per heavy atom. The predicted molar refractivity (Wildman–Crippen MR) is 90.2 cm³/mol. The van der Waals surface area contributed by atoms with E-state index in [1.54, 1.807) is 6.07 Å². The molecule has 0 bridgehead atoms. The fourth-order valence-electron chi connectivity index (χ4n) is 3.08. The van der Waals surface area contributed by atoms with Crippen LogP contribution in [0.1, 0.15) is 24.0 Å². The zero-order valence-corrected chi connectivity index (χ0v) is 14.2. The number of carbonyl (C=O) groups is 2. The molecule has 4 nitrogen and oxygen atoms in total. The Morgan fingerprint density at radius 1 is 1.19 bits per heavy atom. The van der Waals surface area contributed by atoms with Crippen LogP contribution in [0.15, 0.2) is 42.5 Å². The molecule has 8 heteroatoms. The predicted octanol–water partition coefficient (Wildman–Crippen LogP) is 3.54. The standard InChI is InChI=1S/C19H16F4N2O2/c1-19(22,23)11-4-2-3-10(7-11)13-9-24-17(26)16(13)18(27)25-15-6-5-12(20)8-14(15)21/h2-8,13,16H,9H2,1H3,(H,24,26)(H,25,27)/t13-,16-/m1/s1. The van der Waals surface area contributed by atoms with Gasteiger partial charge in [-0.1, -0.05) is 18.2 Å². The highest BCUT2D eigenvalue weighted by molar-refractivity contribution is 6.08. The number of hydrogen-bond donors (Lipinski definition) is 2. The lowest BCUT2D eigenvalue weighted by Crippen LogP contribution is -2.32. The molecule has 0 radical (unpaired) electrons. The fourth-order valence-corrected chi connectivity index (χ4v) is 3.08. The molecule has 0 saturated carbocycles. The first-order valence-electron chi connectivity index (χ1n) is 8.18. The first-order chi connectivity index (χ1) is 12.7. The second-order valence-electron chi connectivity index (χ2n) is 6.46. The molecule has 142 valence electrons. The van der Waals surface area contributed by atoms with E-state index in [1.807, 2.05) is 0 Å². The van der Waals surface area contributed by atoms with E-state index in [0.29, 0.717) is 11.6 Å². The highest BCUT2D eigenvalue weighted by Crippen LogP contribution is 2.34. The normalized spacial score (nSPS) is 19.7. The third kappa shape index (κ3) is 3.94. The van der Waals surface area contributed by atoms with Crippen molar-refractivity contribution in [3.63, 3.8) is 0 Å². The maximum absolute atomic E-state index is 13.8. The van der Waals surface area contributed by atoms with Crippen LogP contribution in [0.25, 0.3) is 0 Å². The Morgan fingerprint density at radius 3 is 2.59 bits per heavy atom. The van der Waals surface area contributed by atoms with Crippen LogP contribution in [0.3, 0.4) is 0 Å². The van der Waals surface area contributed by atoms with Crippen LogP contribution >= 0.6 is 0 Å². The molecule has 1 aliphatic rings. The number of halogens is 4. The lowest BCUT2D eigenvalue weighted by atomic mass is 9.86. The topological polar surface area (TPSA) is 58.2 Å². The molecule has 2 aromatic carbocycles. The molecule has 0 spiro atoms. The van der Waals surface area contributed by atoms with Crippen molar-refractivity contribution in [2.24, 2.45) is 5.92 Å². The minimum absolute atomic E-state index is 0.0849. The lowest BCUT2D eigenvalue weighted by Gasteiger charge is -2.19. The van der Waals surface area contributed by atoms with Gasteiger partial charge in [0.25, 0.3) is 5.92 Å². The first-order valence-corrected chi connectivity index (χ1v) is 8.18. The molecule has 1 fully saturated rings. The van der Waals surface area contributed by atoms with Crippen LogP contribution in [0.4, 0.5) is 23.2 Å². The summed E-state index contributed by atoms with van der Waals surface area (Å²) in [6.07, 6.45) is 0. The second kappa shape index (κ2) is 7.02. The van der Waals surface area contributed by atoms with Crippen molar-refractivity contribution < 1.29 is 27.2 Å². The highest BCUT2D eigenvalue weighted by atomic mass is 19.3. The van der Waals surface area contributed by atoms with Crippen LogP contribution in [-0.4, -0.2) is 18.4 Å². The molecule has 2 aromatic rings. The molecular weight excluding hydrogens is 364 g/mol. The monoisotopic (exact) mass is 380 g/mol. The molecule has 1 aliphatic heterocycles. The molecule has 2 N–H and O–H groups in total. The van der Waals surface area contributed by atoms with Gasteiger partial charge in [-0.2, -0.15) is 0 Å². The molecule has 1 saturated heterocycles. The number of nitrogens with one attached hydrogen (secondary N) is 2. The van der Waals surface area contributed by atoms with E-state index < -0.39 is 41.2 Å². The summed E-state index contributed by atoms with van der Waals surface area (Å²) in [5, 5.41) is 4.79. The van der Waals surface area contributed by atoms with Gasteiger partial charge >= 0.3 is 0 Å². The number of alkyl halides is 2. The number of carbonyl (C=O) groups excluding carboxylic acids is 2. The maximum Gasteiger partial charge on any atom is 0.270 e. The van der Waals surface area contributed by atoms with Gasteiger partial charge in [0, 0.05) is 31.0 Å². The first kappa shape index (κ1) is 18.9. The summed E-state index contributed by atoms with van der Waals surface area (Å²) in [4.78, 5) is 24.7. The molecule has 2 atom stereocenters. The second-order valence-corrected chi connectivity index (χ2v) is 6.46. The Bertz CT molecular complexity index is 896. The number of benzene rings is 2. The van der Waals surface area contributed by atoms with Gasteiger partial charge in [0.1, 0.15) is 17.6 Å². The van der Waals surface area contributed by atoms with Crippen LogP contribution in [-0.2, 0) is 15.5 Å². The summed E-state index contributed by atoms with van der Waals surface area (Å²) in [6, 6.07) is 8.12.